The highest BCUT2D eigenvalue weighted by atomic mass is 19.4. The third-order valence-corrected chi connectivity index (χ3v) is 1.64. The van der Waals surface area contributed by atoms with E-state index in [-0.39, 0.29) is 0 Å². The van der Waals surface area contributed by atoms with Crippen LogP contribution in [0.2, 0.25) is 0 Å². The minimum Gasteiger partial charge on any atom is -0.350 e. The molecule has 0 amide bonds. The van der Waals surface area contributed by atoms with Crippen LogP contribution in [-0.4, -0.2) is 45.1 Å². The van der Waals surface area contributed by atoms with Crippen molar-refractivity contribution in [1.82, 2.24) is 0 Å². The molecule has 0 spiro atoms. The first kappa shape index (κ1) is 21.1. The van der Waals surface area contributed by atoms with Gasteiger partial charge >= 0.3 is 25.1 Å². The van der Waals surface area contributed by atoms with E-state index in [0.29, 0.717) is 7.11 Å². The quantitative estimate of drug-likeness (QED) is 0.259. The highest BCUT2D eigenvalue weighted by molar-refractivity contribution is 4.70. The summed E-state index contributed by atoms with van der Waals surface area (Å²) in [5.41, 5.74) is 0. The normalized spacial score (nSPS) is 17.6. The van der Waals surface area contributed by atoms with Crippen LogP contribution >= 0.6 is 0 Å². The van der Waals surface area contributed by atoms with E-state index in [1.807, 2.05) is 5.09 Å². The van der Waals surface area contributed by atoms with Crippen LogP contribution in [0.1, 0.15) is 0 Å². The number of methoxy groups -OCH3 is 1. The average molecular weight is 358 g/mol. The molecule has 0 rings (SSSR count). The summed E-state index contributed by atoms with van der Waals surface area (Å²) in [6, 6.07) is 0. The number of ether oxygens (including phenoxy) is 4. The first-order chi connectivity index (χ1) is 9.89. The van der Waals surface area contributed by atoms with Crippen molar-refractivity contribution < 1.29 is 68.6 Å². The van der Waals surface area contributed by atoms with Crippen molar-refractivity contribution >= 4 is 0 Å². The largest absolute Gasteiger partial charge is 0.527 e. The van der Waals surface area contributed by atoms with Crippen molar-refractivity contribution in [3.63, 3.8) is 0 Å². The van der Waals surface area contributed by atoms with Crippen molar-refractivity contribution in [2.45, 2.75) is 31.4 Å². The molecule has 6 nitrogen and oxygen atoms in total. The van der Waals surface area contributed by atoms with Gasteiger partial charge in [-0.05, 0) is 9.62 Å². The fourth-order valence-electron chi connectivity index (χ4n) is 0.875. The summed E-state index contributed by atoms with van der Waals surface area (Å²) >= 11 is 0. The lowest BCUT2D eigenvalue weighted by Gasteiger charge is -2.35. The lowest BCUT2D eigenvalue weighted by atomic mass is 10.5. The topological polar surface area (TPSA) is 55.4 Å². The van der Waals surface area contributed by atoms with Gasteiger partial charge in [0.1, 0.15) is 6.61 Å². The Bertz CT molecular complexity index is 326. The number of hydrogen-bond donors (Lipinski definition) is 0. The molecule has 0 aromatic carbocycles. The molecule has 134 valence electrons. The molecule has 0 saturated carbocycles. The van der Waals surface area contributed by atoms with Gasteiger partial charge in [0.15, 0.2) is 0 Å². The monoisotopic (exact) mass is 358 g/mol. The van der Waals surface area contributed by atoms with Gasteiger partial charge in [-0.25, -0.2) is 9.13 Å². The molecule has 0 N–H and O–H groups in total. The molecule has 0 saturated heterocycles. The van der Waals surface area contributed by atoms with Gasteiger partial charge < -0.3 is 9.47 Å². The van der Waals surface area contributed by atoms with Crippen LogP contribution in [0, 0.1) is 0 Å². The van der Waals surface area contributed by atoms with Crippen LogP contribution in [0.5, 0.6) is 0 Å². The van der Waals surface area contributed by atoms with Crippen molar-refractivity contribution in [3.8, 4) is 0 Å². The third kappa shape index (κ3) is 6.49. The van der Waals surface area contributed by atoms with Gasteiger partial charge in [0, 0.05) is 7.11 Å². The van der Waals surface area contributed by atoms with Gasteiger partial charge in [-0.2, -0.15) is 17.6 Å². The molecule has 0 aromatic rings. The number of hydrogen-bond acceptors (Lipinski definition) is 6. The Morgan fingerprint density at radius 3 is 1.91 bits per heavy atom. The van der Waals surface area contributed by atoms with Gasteiger partial charge in [-0.15, -0.1) is 18.1 Å². The maximum atomic E-state index is 13.4. The summed E-state index contributed by atoms with van der Waals surface area (Å²) < 4.78 is 123. The Balaban J connectivity index is 5.46. The zero-order valence-corrected chi connectivity index (χ0v) is 10.2. The fraction of sp³-hybridized carbons (Fsp3) is 1.00. The van der Waals surface area contributed by atoms with Gasteiger partial charge in [0.05, 0.1) is 0 Å². The van der Waals surface area contributed by atoms with Crippen LogP contribution in [-0.2, 0) is 28.9 Å². The number of halogens is 9. The molecule has 0 aliphatic heterocycles. The Labute approximate surface area is 115 Å². The molecule has 0 fully saturated rings. The molecule has 0 heterocycles. The van der Waals surface area contributed by atoms with E-state index in [9.17, 15) is 39.6 Å². The molecule has 2 unspecified atom stereocenters. The maximum absolute atomic E-state index is 13.4. The predicted octanol–water partition coefficient (Wildman–Crippen LogP) is 2.80. The second-order valence-electron chi connectivity index (χ2n) is 3.10. The predicted molar refractivity (Wildman–Crippen MR) is 43.0 cm³/mol. The molecule has 2 atom stereocenters. The van der Waals surface area contributed by atoms with Crippen molar-refractivity contribution in [3.05, 3.63) is 0 Å². The highest BCUT2D eigenvalue weighted by Gasteiger charge is 2.68. The van der Waals surface area contributed by atoms with E-state index in [0.717, 1.165) is 0 Å². The SMILES string of the molecule is COC(F)COC(F)(F)C(OOF)(OC(F)F)OC(F)(F)F. The van der Waals surface area contributed by atoms with Gasteiger partial charge in [0.2, 0.25) is 6.36 Å². The first-order valence-electron chi connectivity index (χ1n) is 4.77. The minimum atomic E-state index is -6.10. The zero-order valence-electron chi connectivity index (χ0n) is 10.2. The summed E-state index contributed by atoms with van der Waals surface area (Å²) in [7, 11) is 0.655. The molecule has 0 aromatic heterocycles. The van der Waals surface area contributed by atoms with Crippen LogP contribution in [0.25, 0.3) is 0 Å². The Morgan fingerprint density at radius 2 is 1.55 bits per heavy atom. The van der Waals surface area contributed by atoms with Crippen molar-refractivity contribution in [2.75, 3.05) is 13.7 Å². The summed E-state index contributed by atoms with van der Waals surface area (Å²) in [4.78, 5) is 2.70. The second kappa shape index (κ2) is 8.11. The number of rotatable bonds is 10. The summed E-state index contributed by atoms with van der Waals surface area (Å²) in [6.45, 7) is -6.18. The van der Waals surface area contributed by atoms with Gasteiger partial charge in [-0.1, -0.05) is 0 Å². The summed E-state index contributed by atoms with van der Waals surface area (Å²) in [6.07, 6.45) is -14.3. The molecule has 22 heavy (non-hydrogen) atoms. The minimum absolute atomic E-state index is 0.655. The van der Waals surface area contributed by atoms with E-state index >= 15 is 0 Å². The van der Waals surface area contributed by atoms with Crippen molar-refractivity contribution in [1.29, 1.82) is 0 Å². The molecule has 0 radical (unpaired) electrons. The zero-order chi connectivity index (χ0) is 17.6. The highest BCUT2D eigenvalue weighted by Crippen LogP contribution is 2.41. The lowest BCUT2D eigenvalue weighted by molar-refractivity contribution is -0.659. The molecular formula is C7H7F9O6. The first-order valence-corrected chi connectivity index (χ1v) is 4.77. The van der Waals surface area contributed by atoms with Gasteiger partial charge in [-0.3, -0.25) is 4.74 Å². The van der Waals surface area contributed by atoms with Crippen LogP contribution in [0.15, 0.2) is 0 Å². The smallest absolute Gasteiger partial charge is 0.350 e. The lowest BCUT2D eigenvalue weighted by Crippen LogP contribution is -2.59. The third-order valence-electron chi connectivity index (χ3n) is 1.64. The molecular weight excluding hydrogens is 351 g/mol. The average Bonchev–Trinajstić information content (AvgIpc) is 2.33. The summed E-state index contributed by atoms with van der Waals surface area (Å²) in [5, 5.41) is 2.01. The molecule has 0 aliphatic carbocycles. The molecule has 0 aliphatic rings. The fourth-order valence-corrected chi connectivity index (χ4v) is 0.875. The van der Waals surface area contributed by atoms with E-state index < -0.39 is 38.0 Å². The van der Waals surface area contributed by atoms with E-state index in [4.69, 9.17) is 0 Å². The Kier molecular flexibility index (Phi) is 7.79. The van der Waals surface area contributed by atoms with E-state index in [1.54, 1.807) is 0 Å². The summed E-state index contributed by atoms with van der Waals surface area (Å²) in [5.74, 6) is -5.26. The van der Waals surface area contributed by atoms with Crippen LogP contribution < -0.4 is 0 Å². The van der Waals surface area contributed by atoms with Crippen molar-refractivity contribution in [2.24, 2.45) is 0 Å². The van der Waals surface area contributed by atoms with E-state index in [1.165, 1.54) is 0 Å². The second-order valence-corrected chi connectivity index (χ2v) is 3.10. The standard InChI is InChI=1S/C7H7F9O6/c1-17-3(8)2-18-5(11,12)6(21-22-16,19-4(9)10)20-7(13,14)15/h3-4H,2H2,1H3. The van der Waals surface area contributed by atoms with Crippen LogP contribution in [0.4, 0.5) is 39.6 Å². The van der Waals surface area contributed by atoms with E-state index in [2.05, 4.69) is 23.8 Å². The maximum Gasteiger partial charge on any atom is 0.527 e. The van der Waals surface area contributed by atoms with Gasteiger partial charge in [0.25, 0.3) is 0 Å². The Morgan fingerprint density at radius 1 is 1.00 bits per heavy atom. The van der Waals surface area contributed by atoms with Crippen LogP contribution in [0.3, 0.4) is 0 Å². The molecule has 0 bridgehead atoms. The Hall–Kier alpha value is -0.870. The molecule has 15 heteroatoms. The number of alkyl halides is 8.